The Morgan fingerprint density at radius 2 is 1.70 bits per heavy atom. The number of benzene rings is 2. The lowest BCUT2D eigenvalue weighted by Crippen LogP contribution is -2.15. The van der Waals surface area contributed by atoms with Gasteiger partial charge in [-0.3, -0.25) is 9.52 Å². The number of pyridine rings is 1. The van der Waals surface area contributed by atoms with Crippen molar-refractivity contribution < 1.29 is 22.0 Å². The van der Waals surface area contributed by atoms with Gasteiger partial charge in [-0.05, 0) is 48.5 Å². The summed E-state index contributed by atoms with van der Waals surface area (Å²) in [7, 11) is -3.85. The number of amides is 1. The fraction of sp³-hybridized carbons (Fsp3) is 0. The number of nitrogens with one attached hydrogen (secondary N) is 2. The number of aromatic nitrogens is 1. The van der Waals surface area contributed by atoms with E-state index >= 15 is 0 Å². The Labute approximate surface area is 153 Å². The molecule has 0 fully saturated rings. The molecular weight excluding hydrogens is 376 g/mol. The second-order valence-corrected chi connectivity index (χ2v) is 7.11. The minimum absolute atomic E-state index is 0.0425. The van der Waals surface area contributed by atoms with Gasteiger partial charge in [0.05, 0.1) is 10.5 Å². The summed E-state index contributed by atoms with van der Waals surface area (Å²) in [6.07, 6.45) is 1.45. The summed E-state index contributed by atoms with van der Waals surface area (Å²) in [5.74, 6) is -2.40. The van der Waals surface area contributed by atoms with E-state index in [1.54, 1.807) is 12.1 Å². The Morgan fingerprint density at radius 3 is 2.33 bits per heavy atom. The van der Waals surface area contributed by atoms with Gasteiger partial charge in [-0.2, -0.15) is 0 Å². The number of nitrogens with zero attached hydrogens (tertiary/aromatic N) is 1. The van der Waals surface area contributed by atoms with E-state index in [9.17, 15) is 22.0 Å². The van der Waals surface area contributed by atoms with Crippen LogP contribution in [0.2, 0.25) is 0 Å². The van der Waals surface area contributed by atoms with Gasteiger partial charge in [0.15, 0.2) is 0 Å². The number of anilines is 2. The number of hydrogen-bond acceptors (Lipinski definition) is 4. The summed E-state index contributed by atoms with van der Waals surface area (Å²) >= 11 is 0. The highest BCUT2D eigenvalue weighted by molar-refractivity contribution is 7.92. The average Bonchev–Trinajstić information content (AvgIpc) is 2.62. The molecule has 0 aliphatic carbocycles. The molecule has 0 saturated carbocycles. The van der Waals surface area contributed by atoms with Crippen molar-refractivity contribution in [3.05, 3.63) is 84.1 Å². The van der Waals surface area contributed by atoms with E-state index in [0.717, 1.165) is 12.1 Å². The summed E-state index contributed by atoms with van der Waals surface area (Å²) in [6.45, 7) is 0. The van der Waals surface area contributed by atoms with Crippen LogP contribution in [0.25, 0.3) is 0 Å². The molecule has 3 aromatic rings. The molecule has 0 saturated heterocycles. The highest BCUT2D eigenvalue weighted by Gasteiger charge is 2.16. The predicted molar refractivity (Wildman–Crippen MR) is 95.8 cm³/mol. The van der Waals surface area contributed by atoms with E-state index in [1.807, 2.05) is 0 Å². The number of rotatable bonds is 5. The molecule has 0 radical (unpaired) electrons. The zero-order valence-electron chi connectivity index (χ0n) is 13.7. The molecule has 0 bridgehead atoms. The SMILES string of the molecule is O=C(Nc1ccc(S(=O)(=O)Nc2ccccn2)cc1)c1ccc(F)cc1F. The van der Waals surface area contributed by atoms with Crippen LogP contribution in [0.1, 0.15) is 10.4 Å². The number of carbonyl (C=O) groups excluding carboxylic acids is 1. The van der Waals surface area contributed by atoms with Crippen molar-refractivity contribution in [1.29, 1.82) is 0 Å². The third-order valence-corrected chi connectivity index (χ3v) is 4.87. The van der Waals surface area contributed by atoms with Crippen LogP contribution in [0.15, 0.2) is 71.8 Å². The van der Waals surface area contributed by atoms with Crippen molar-refractivity contribution >= 4 is 27.4 Å². The fourth-order valence-electron chi connectivity index (χ4n) is 2.21. The van der Waals surface area contributed by atoms with Crippen LogP contribution >= 0.6 is 0 Å². The summed E-state index contributed by atoms with van der Waals surface area (Å²) in [6, 6.07) is 12.7. The number of carbonyl (C=O) groups is 1. The molecule has 2 N–H and O–H groups in total. The monoisotopic (exact) mass is 389 g/mol. The van der Waals surface area contributed by atoms with Crippen molar-refractivity contribution in [3.63, 3.8) is 0 Å². The van der Waals surface area contributed by atoms with Gasteiger partial charge in [0.1, 0.15) is 17.5 Å². The Balaban J connectivity index is 1.74. The molecule has 0 aliphatic heterocycles. The molecule has 138 valence electrons. The van der Waals surface area contributed by atoms with Crippen molar-refractivity contribution in [2.45, 2.75) is 4.90 Å². The lowest BCUT2D eigenvalue weighted by atomic mass is 10.2. The minimum atomic E-state index is -3.85. The second-order valence-electron chi connectivity index (χ2n) is 5.42. The van der Waals surface area contributed by atoms with Crippen molar-refractivity contribution in [3.8, 4) is 0 Å². The largest absolute Gasteiger partial charge is 0.322 e. The van der Waals surface area contributed by atoms with Gasteiger partial charge in [0.2, 0.25) is 0 Å². The Hall–Kier alpha value is -3.33. The molecule has 0 aliphatic rings. The van der Waals surface area contributed by atoms with Gasteiger partial charge in [0, 0.05) is 18.0 Å². The van der Waals surface area contributed by atoms with Crippen LogP contribution in [0, 0.1) is 11.6 Å². The Bertz CT molecular complexity index is 1070. The number of halogens is 2. The first-order valence-electron chi connectivity index (χ1n) is 7.65. The smallest absolute Gasteiger partial charge is 0.263 e. The maximum Gasteiger partial charge on any atom is 0.263 e. The predicted octanol–water partition coefficient (Wildman–Crippen LogP) is 3.41. The Morgan fingerprint density at radius 1 is 0.963 bits per heavy atom. The quantitative estimate of drug-likeness (QED) is 0.700. The number of sulfonamides is 1. The minimum Gasteiger partial charge on any atom is -0.322 e. The molecule has 0 spiro atoms. The molecule has 3 rings (SSSR count). The van der Waals surface area contributed by atoms with Crippen LogP contribution in [0.3, 0.4) is 0 Å². The molecule has 0 unspecified atom stereocenters. The van der Waals surface area contributed by atoms with Crippen molar-refractivity contribution in [2.75, 3.05) is 10.0 Å². The molecule has 1 amide bonds. The van der Waals surface area contributed by atoms with Crippen LogP contribution < -0.4 is 10.0 Å². The maximum absolute atomic E-state index is 13.6. The summed E-state index contributed by atoms with van der Waals surface area (Å²) < 4.78 is 53.5. The summed E-state index contributed by atoms with van der Waals surface area (Å²) in [4.78, 5) is 15.9. The van der Waals surface area contributed by atoms with Crippen molar-refractivity contribution in [2.24, 2.45) is 0 Å². The molecule has 6 nitrogen and oxygen atoms in total. The molecule has 0 atom stereocenters. The van der Waals surface area contributed by atoms with E-state index in [2.05, 4.69) is 15.0 Å². The summed E-state index contributed by atoms with van der Waals surface area (Å²) in [5, 5.41) is 2.42. The van der Waals surface area contributed by atoms with E-state index in [-0.39, 0.29) is 22.0 Å². The normalized spacial score (nSPS) is 11.0. The highest BCUT2D eigenvalue weighted by atomic mass is 32.2. The number of hydrogen-bond donors (Lipinski definition) is 2. The van der Waals surface area contributed by atoms with Gasteiger partial charge in [-0.1, -0.05) is 6.07 Å². The Kier molecular flexibility index (Phi) is 5.13. The molecule has 27 heavy (non-hydrogen) atoms. The maximum atomic E-state index is 13.6. The van der Waals surface area contributed by atoms with Gasteiger partial charge >= 0.3 is 0 Å². The van der Waals surface area contributed by atoms with Crippen LogP contribution in [-0.4, -0.2) is 19.3 Å². The van der Waals surface area contributed by atoms with Gasteiger partial charge in [0.25, 0.3) is 15.9 Å². The lowest BCUT2D eigenvalue weighted by molar-refractivity contribution is 0.102. The van der Waals surface area contributed by atoms with Crippen LogP contribution in [-0.2, 0) is 10.0 Å². The average molecular weight is 389 g/mol. The van der Waals surface area contributed by atoms with Gasteiger partial charge < -0.3 is 5.32 Å². The zero-order chi connectivity index (χ0) is 19.4. The second kappa shape index (κ2) is 7.50. The highest BCUT2D eigenvalue weighted by Crippen LogP contribution is 2.18. The third kappa shape index (κ3) is 4.45. The zero-order valence-corrected chi connectivity index (χ0v) is 14.5. The van der Waals surface area contributed by atoms with Gasteiger partial charge in [-0.15, -0.1) is 0 Å². The first-order chi connectivity index (χ1) is 12.8. The fourth-order valence-corrected chi connectivity index (χ4v) is 3.22. The molecule has 1 heterocycles. The van der Waals surface area contributed by atoms with E-state index < -0.39 is 27.6 Å². The molecule has 9 heteroatoms. The van der Waals surface area contributed by atoms with E-state index in [4.69, 9.17) is 0 Å². The topological polar surface area (TPSA) is 88.2 Å². The third-order valence-electron chi connectivity index (χ3n) is 3.50. The van der Waals surface area contributed by atoms with Gasteiger partial charge in [-0.25, -0.2) is 22.2 Å². The van der Waals surface area contributed by atoms with Crippen LogP contribution in [0.5, 0.6) is 0 Å². The standard InChI is InChI=1S/C18H13F2N3O3S/c19-12-4-9-15(16(20)11-12)18(24)22-13-5-7-14(8-6-13)27(25,26)23-17-3-1-2-10-21-17/h1-11H,(H,21,23)(H,22,24). The van der Waals surface area contributed by atoms with Crippen LogP contribution in [0.4, 0.5) is 20.3 Å². The molecule has 2 aromatic carbocycles. The van der Waals surface area contributed by atoms with E-state index in [0.29, 0.717) is 6.07 Å². The first kappa shape index (κ1) is 18.5. The van der Waals surface area contributed by atoms with Crippen molar-refractivity contribution in [1.82, 2.24) is 4.98 Å². The first-order valence-corrected chi connectivity index (χ1v) is 9.14. The lowest BCUT2D eigenvalue weighted by Gasteiger charge is -2.09. The molecule has 1 aromatic heterocycles. The molecular formula is C18H13F2N3O3S. The van der Waals surface area contributed by atoms with E-state index in [1.165, 1.54) is 36.5 Å². The summed E-state index contributed by atoms with van der Waals surface area (Å²) in [5.41, 5.74) is -0.0783.